The van der Waals surface area contributed by atoms with Crippen LogP contribution in [0.4, 0.5) is 22.0 Å². The van der Waals surface area contributed by atoms with Crippen molar-refractivity contribution in [1.29, 1.82) is 0 Å². The summed E-state index contributed by atoms with van der Waals surface area (Å²) in [5.41, 5.74) is 0.931. The van der Waals surface area contributed by atoms with E-state index in [0.29, 0.717) is 30.8 Å². The summed E-state index contributed by atoms with van der Waals surface area (Å²) in [7, 11) is 0. The lowest BCUT2D eigenvalue weighted by Gasteiger charge is -2.26. The zero-order chi connectivity index (χ0) is 29.7. The molecule has 2 aliphatic heterocycles. The molecule has 5 aromatic rings. The molecule has 0 spiro atoms. The Morgan fingerprint density at radius 3 is 2.79 bits per heavy atom. The van der Waals surface area contributed by atoms with Crippen molar-refractivity contribution in [1.82, 2.24) is 39.4 Å². The van der Waals surface area contributed by atoms with Gasteiger partial charge < -0.3 is 35.1 Å². The number of carbonyl (C=O) groups is 1. The fourth-order valence-electron chi connectivity index (χ4n) is 5.10. The average molecular weight is 609 g/mol. The highest BCUT2D eigenvalue weighted by molar-refractivity contribution is 7.18. The molecular weight excluding hydrogens is 583 g/mol. The summed E-state index contributed by atoms with van der Waals surface area (Å²) in [6, 6.07) is 9.28. The molecule has 1 aromatic carbocycles. The summed E-state index contributed by atoms with van der Waals surface area (Å²) in [6.07, 6.45) is -3.21. The first-order chi connectivity index (χ1) is 20.9. The largest absolute Gasteiger partial charge is 0.394 e. The third kappa shape index (κ3) is 5.05. The molecule has 15 nitrogen and oxygen atoms in total. The van der Waals surface area contributed by atoms with Gasteiger partial charge in [0, 0.05) is 19.3 Å². The van der Waals surface area contributed by atoms with Crippen LogP contribution in [-0.2, 0) is 16.1 Å². The van der Waals surface area contributed by atoms with Crippen LogP contribution in [0.5, 0.6) is 0 Å². The van der Waals surface area contributed by atoms with Gasteiger partial charge in [0.2, 0.25) is 11.9 Å². The predicted octanol–water partition coefficient (Wildman–Crippen LogP) is 0.309. The van der Waals surface area contributed by atoms with E-state index >= 15 is 0 Å². The number of ether oxygens (including phenoxy) is 1. The van der Waals surface area contributed by atoms with Gasteiger partial charge in [0.05, 0.1) is 36.2 Å². The number of aliphatic hydroxyl groups excluding tert-OH is 2. The minimum Gasteiger partial charge on any atom is -0.394 e. The number of imidazole rings is 1. The minimum atomic E-state index is -1.93. The van der Waals surface area contributed by atoms with Crippen LogP contribution in [-0.4, -0.2) is 94.8 Å². The van der Waals surface area contributed by atoms with Crippen LogP contribution in [0.3, 0.4) is 0 Å². The SMILES string of the molecule is O=C1CN(c2nc(Nc3ccn(C4O[C@H](CO)[C@@H](O)[C@H]4F)c(=O)n3)c3ncn(Cc4nc5ccccc5s4)c3n2)CCN1. The maximum atomic E-state index is 14.6. The van der Waals surface area contributed by atoms with Crippen LogP contribution in [0.1, 0.15) is 11.2 Å². The van der Waals surface area contributed by atoms with Gasteiger partial charge in [-0.1, -0.05) is 12.1 Å². The summed E-state index contributed by atoms with van der Waals surface area (Å²) in [5.74, 6) is 0.464. The van der Waals surface area contributed by atoms with E-state index < -0.39 is 36.9 Å². The van der Waals surface area contributed by atoms with Gasteiger partial charge in [-0.3, -0.25) is 9.36 Å². The highest BCUT2D eigenvalue weighted by Crippen LogP contribution is 2.31. The number of nitrogens with zero attached hydrogens (tertiary/aromatic N) is 8. The Hall–Kier alpha value is -4.58. The second kappa shape index (κ2) is 10.9. The predicted molar refractivity (Wildman–Crippen MR) is 153 cm³/mol. The molecule has 4 atom stereocenters. The van der Waals surface area contributed by atoms with E-state index in [0.717, 1.165) is 19.8 Å². The summed E-state index contributed by atoms with van der Waals surface area (Å²) in [5, 5.41) is 25.9. The molecule has 0 saturated carbocycles. The molecule has 222 valence electrons. The van der Waals surface area contributed by atoms with Crippen molar-refractivity contribution in [3.05, 3.63) is 58.3 Å². The second-order valence-corrected chi connectivity index (χ2v) is 11.2. The Labute approximate surface area is 245 Å². The smallest absolute Gasteiger partial charge is 0.351 e. The highest BCUT2D eigenvalue weighted by atomic mass is 32.1. The zero-order valence-electron chi connectivity index (χ0n) is 22.4. The Morgan fingerprint density at radius 1 is 1.16 bits per heavy atom. The molecule has 17 heteroatoms. The number of aliphatic hydroxyl groups is 2. The van der Waals surface area contributed by atoms with Crippen molar-refractivity contribution in [3.63, 3.8) is 0 Å². The van der Waals surface area contributed by atoms with E-state index in [1.807, 2.05) is 28.8 Å². The van der Waals surface area contributed by atoms with Gasteiger partial charge in [-0.05, 0) is 18.2 Å². The first kappa shape index (κ1) is 27.3. The number of thiazole rings is 1. The number of benzene rings is 1. The average Bonchev–Trinajstić information content (AvgIpc) is 3.69. The number of halogens is 1. The molecule has 0 aliphatic carbocycles. The first-order valence-electron chi connectivity index (χ1n) is 13.4. The van der Waals surface area contributed by atoms with E-state index in [-0.39, 0.29) is 30.0 Å². The highest BCUT2D eigenvalue weighted by Gasteiger charge is 2.45. The Bertz CT molecular complexity index is 1860. The number of fused-ring (bicyclic) bond motifs is 2. The number of carbonyl (C=O) groups excluding carboxylic acids is 1. The molecule has 43 heavy (non-hydrogen) atoms. The molecule has 1 amide bonds. The molecule has 0 radical (unpaired) electrons. The quantitative estimate of drug-likeness (QED) is 0.199. The van der Waals surface area contributed by atoms with Crippen molar-refractivity contribution in [2.24, 2.45) is 0 Å². The normalized spacial score (nSPS) is 22.4. The van der Waals surface area contributed by atoms with Crippen molar-refractivity contribution in [2.45, 2.75) is 31.2 Å². The van der Waals surface area contributed by atoms with Crippen LogP contribution in [0, 0.1) is 0 Å². The molecule has 2 aliphatic rings. The number of nitrogens with one attached hydrogen (secondary N) is 2. The molecular formula is C26H25FN10O5S. The standard InChI is InChI=1S/C26H25FN10O5S/c27-19-21(40)14(11-38)42-24(19)37-7-5-16(32-26(37)41)31-22-20-23(34-25(33-22)35-8-6-28-17(39)9-35)36(12-29-20)10-18-30-13-3-1-2-4-15(13)43-18/h1-5,7,12,14,19,21,24,38,40H,6,8-11H2,(H,28,39)(H,31,32,33,34,41)/t14-,19-,21-,24?/m1/s1. The van der Waals surface area contributed by atoms with E-state index in [1.54, 1.807) is 22.6 Å². The van der Waals surface area contributed by atoms with E-state index in [4.69, 9.17) is 14.7 Å². The minimum absolute atomic E-state index is 0.0672. The number of para-hydroxylation sites is 1. The van der Waals surface area contributed by atoms with Gasteiger partial charge in [0.25, 0.3) is 0 Å². The number of anilines is 3. The summed E-state index contributed by atoms with van der Waals surface area (Å²) < 4.78 is 23.8. The maximum Gasteiger partial charge on any atom is 0.351 e. The van der Waals surface area contributed by atoms with Crippen LogP contribution < -0.4 is 21.2 Å². The molecule has 0 bridgehead atoms. The lowest BCUT2D eigenvalue weighted by Crippen LogP contribution is -2.48. The maximum absolute atomic E-state index is 14.6. The van der Waals surface area contributed by atoms with Gasteiger partial charge in [-0.2, -0.15) is 15.0 Å². The Morgan fingerprint density at radius 2 is 2.02 bits per heavy atom. The lowest BCUT2D eigenvalue weighted by atomic mass is 10.1. The zero-order valence-corrected chi connectivity index (χ0v) is 23.2. The second-order valence-electron chi connectivity index (χ2n) is 10.1. The van der Waals surface area contributed by atoms with Gasteiger partial charge >= 0.3 is 5.69 Å². The van der Waals surface area contributed by atoms with E-state index in [2.05, 4.69) is 25.6 Å². The van der Waals surface area contributed by atoms with Crippen molar-refractivity contribution in [3.8, 4) is 0 Å². The number of hydrogen-bond acceptors (Lipinski definition) is 13. The topological polar surface area (TPSA) is 185 Å². The number of aromatic nitrogens is 7. The summed E-state index contributed by atoms with van der Waals surface area (Å²) >= 11 is 1.56. The van der Waals surface area contributed by atoms with Crippen LogP contribution in [0.15, 0.2) is 47.7 Å². The van der Waals surface area contributed by atoms with Gasteiger partial charge in [-0.25, -0.2) is 19.2 Å². The monoisotopic (exact) mass is 608 g/mol. The summed E-state index contributed by atoms with van der Waals surface area (Å²) in [6.45, 7) is 0.781. The Balaban J connectivity index is 1.24. The van der Waals surface area contributed by atoms with Crippen molar-refractivity contribution >= 4 is 56.2 Å². The number of hydrogen-bond donors (Lipinski definition) is 4. The van der Waals surface area contributed by atoms with Crippen LogP contribution in [0.25, 0.3) is 21.4 Å². The lowest BCUT2D eigenvalue weighted by molar-refractivity contribution is -0.120. The molecule has 7 rings (SSSR count). The third-order valence-electron chi connectivity index (χ3n) is 7.24. The van der Waals surface area contributed by atoms with Crippen LogP contribution in [0.2, 0.25) is 0 Å². The molecule has 6 heterocycles. The Kier molecular flexibility index (Phi) is 6.92. The van der Waals surface area contributed by atoms with Gasteiger partial charge in [0.1, 0.15) is 23.0 Å². The number of rotatable bonds is 7. The fourth-order valence-corrected chi connectivity index (χ4v) is 6.06. The van der Waals surface area contributed by atoms with E-state index in [9.17, 15) is 24.2 Å². The fraction of sp³-hybridized carbons (Fsp3) is 0.346. The number of amides is 1. The number of piperazine rings is 1. The van der Waals surface area contributed by atoms with Gasteiger partial charge in [-0.15, -0.1) is 11.3 Å². The molecule has 1 unspecified atom stereocenters. The summed E-state index contributed by atoms with van der Waals surface area (Å²) in [4.78, 5) is 49.4. The van der Waals surface area contributed by atoms with Gasteiger partial charge in [0.15, 0.2) is 29.4 Å². The first-order valence-corrected chi connectivity index (χ1v) is 14.2. The van der Waals surface area contributed by atoms with Crippen molar-refractivity contribution in [2.75, 3.05) is 36.5 Å². The third-order valence-corrected chi connectivity index (χ3v) is 8.26. The van der Waals surface area contributed by atoms with Crippen molar-refractivity contribution < 1.29 is 24.1 Å². The molecule has 4 aromatic heterocycles. The van der Waals surface area contributed by atoms with E-state index in [1.165, 1.54) is 12.3 Å². The molecule has 4 N–H and O–H groups in total. The molecule has 2 saturated heterocycles. The number of alkyl halides is 1. The van der Waals surface area contributed by atoms with Crippen LogP contribution >= 0.6 is 11.3 Å². The molecule has 2 fully saturated rings.